The Hall–Kier alpha value is -3.37. The first kappa shape index (κ1) is 17.1. The number of aryl methyl sites for hydroxylation is 1. The molecule has 134 valence electrons. The number of carbonyl (C=O) groups is 1. The highest BCUT2D eigenvalue weighted by molar-refractivity contribution is 7.14. The molecule has 0 saturated carbocycles. The maximum Gasteiger partial charge on any atom is 0.231 e. The van der Waals surface area contributed by atoms with E-state index in [9.17, 15) is 4.79 Å². The van der Waals surface area contributed by atoms with Crippen LogP contribution in [0.1, 0.15) is 17.5 Å². The molecule has 0 atom stereocenters. The summed E-state index contributed by atoms with van der Waals surface area (Å²) in [6, 6.07) is 15.0. The van der Waals surface area contributed by atoms with Crippen LogP contribution in [0.2, 0.25) is 0 Å². The van der Waals surface area contributed by atoms with Crippen molar-refractivity contribution in [2.24, 2.45) is 0 Å². The Labute approximate surface area is 160 Å². The molecule has 7 heteroatoms. The van der Waals surface area contributed by atoms with Crippen LogP contribution >= 0.6 is 11.3 Å². The smallest absolute Gasteiger partial charge is 0.231 e. The molecular weight excluding hydrogens is 362 g/mol. The highest BCUT2D eigenvalue weighted by Crippen LogP contribution is 2.36. The topological polar surface area (TPSA) is 84.2 Å². The Bertz CT molecular complexity index is 1020. The minimum atomic E-state index is -0.0917. The van der Waals surface area contributed by atoms with Crippen molar-refractivity contribution in [2.75, 3.05) is 12.1 Å². The molecule has 2 heterocycles. The van der Waals surface area contributed by atoms with Gasteiger partial charge in [0.15, 0.2) is 16.6 Å². The number of fused-ring (bicyclic) bond motifs is 1. The van der Waals surface area contributed by atoms with Gasteiger partial charge in [-0.05, 0) is 42.3 Å². The molecular formula is C20H15N3O3S. The molecule has 27 heavy (non-hydrogen) atoms. The predicted molar refractivity (Wildman–Crippen MR) is 102 cm³/mol. The zero-order valence-corrected chi connectivity index (χ0v) is 15.1. The number of nitrogens with one attached hydrogen (secondary N) is 1. The Morgan fingerprint density at radius 3 is 2.81 bits per heavy atom. The Balaban J connectivity index is 1.36. The van der Waals surface area contributed by atoms with Crippen LogP contribution in [0, 0.1) is 11.3 Å². The third-order valence-electron chi connectivity index (χ3n) is 4.14. The second-order valence-corrected chi connectivity index (χ2v) is 6.82. The van der Waals surface area contributed by atoms with Crippen molar-refractivity contribution in [2.45, 2.75) is 12.8 Å². The summed E-state index contributed by atoms with van der Waals surface area (Å²) in [5, 5.41) is 14.1. The first-order valence-electron chi connectivity index (χ1n) is 8.36. The molecule has 4 rings (SSSR count). The number of nitriles is 1. The van der Waals surface area contributed by atoms with E-state index in [1.54, 1.807) is 12.1 Å². The summed E-state index contributed by atoms with van der Waals surface area (Å²) >= 11 is 1.38. The van der Waals surface area contributed by atoms with Crippen LogP contribution in [-0.4, -0.2) is 17.7 Å². The van der Waals surface area contributed by atoms with Crippen molar-refractivity contribution in [3.05, 3.63) is 59.0 Å². The van der Waals surface area contributed by atoms with Gasteiger partial charge in [0.05, 0.1) is 17.3 Å². The van der Waals surface area contributed by atoms with E-state index in [1.165, 1.54) is 11.3 Å². The van der Waals surface area contributed by atoms with Gasteiger partial charge in [-0.25, -0.2) is 4.98 Å². The summed E-state index contributed by atoms with van der Waals surface area (Å²) in [7, 11) is 0. The van der Waals surface area contributed by atoms with Gasteiger partial charge in [0.25, 0.3) is 0 Å². The van der Waals surface area contributed by atoms with Gasteiger partial charge in [0.1, 0.15) is 0 Å². The Morgan fingerprint density at radius 1 is 1.19 bits per heavy atom. The average Bonchev–Trinajstić information content (AvgIpc) is 3.35. The molecule has 0 radical (unpaired) electrons. The minimum Gasteiger partial charge on any atom is -0.454 e. The van der Waals surface area contributed by atoms with Crippen LogP contribution in [0.5, 0.6) is 11.5 Å². The van der Waals surface area contributed by atoms with Crippen LogP contribution in [0.4, 0.5) is 5.13 Å². The van der Waals surface area contributed by atoms with Gasteiger partial charge in [-0.1, -0.05) is 12.1 Å². The summed E-state index contributed by atoms with van der Waals surface area (Å²) in [5.74, 6) is 1.34. The van der Waals surface area contributed by atoms with Gasteiger partial charge in [0.2, 0.25) is 12.7 Å². The molecule has 1 aliphatic rings. The summed E-state index contributed by atoms with van der Waals surface area (Å²) in [6.45, 7) is 0.233. The fourth-order valence-corrected chi connectivity index (χ4v) is 3.44. The highest BCUT2D eigenvalue weighted by Gasteiger charge is 2.15. The van der Waals surface area contributed by atoms with E-state index in [1.807, 2.05) is 35.7 Å². The van der Waals surface area contributed by atoms with Gasteiger partial charge >= 0.3 is 0 Å². The maximum absolute atomic E-state index is 12.2. The van der Waals surface area contributed by atoms with E-state index < -0.39 is 0 Å². The minimum absolute atomic E-state index is 0.0917. The molecule has 1 amide bonds. The van der Waals surface area contributed by atoms with Crippen molar-refractivity contribution in [3.63, 3.8) is 0 Å². The van der Waals surface area contributed by atoms with Crippen molar-refractivity contribution in [1.29, 1.82) is 5.26 Å². The van der Waals surface area contributed by atoms with Crippen LogP contribution in [0.3, 0.4) is 0 Å². The zero-order valence-electron chi connectivity index (χ0n) is 14.3. The fraction of sp³-hybridized carbons (Fsp3) is 0.150. The normalized spacial score (nSPS) is 11.8. The molecule has 1 aliphatic heterocycles. The molecule has 0 bridgehead atoms. The van der Waals surface area contributed by atoms with Crippen molar-refractivity contribution in [3.8, 4) is 28.8 Å². The van der Waals surface area contributed by atoms with Crippen molar-refractivity contribution in [1.82, 2.24) is 4.98 Å². The van der Waals surface area contributed by atoms with Gasteiger partial charge in [0, 0.05) is 17.4 Å². The molecule has 1 aromatic heterocycles. The van der Waals surface area contributed by atoms with Crippen molar-refractivity contribution < 1.29 is 14.3 Å². The van der Waals surface area contributed by atoms with E-state index in [0.29, 0.717) is 29.3 Å². The lowest BCUT2D eigenvalue weighted by Gasteiger charge is -2.03. The number of rotatable bonds is 5. The lowest BCUT2D eigenvalue weighted by Crippen LogP contribution is -2.12. The van der Waals surface area contributed by atoms with Gasteiger partial charge in [-0.15, -0.1) is 11.3 Å². The predicted octanol–water partition coefficient (Wildman–Crippen LogP) is 3.98. The number of amides is 1. The summed E-state index contributed by atoms with van der Waals surface area (Å²) in [5.41, 5.74) is 3.32. The fourth-order valence-electron chi connectivity index (χ4n) is 2.71. The number of benzene rings is 2. The Kier molecular flexibility index (Phi) is 4.73. The number of nitrogens with zero attached hydrogens (tertiary/aromatic N) is 2. The zero-order chi connectivity index (χ0) is 18.6. The summed E-state index contributed by atoms with van der Waals surface area (Å²) in [6.07, 6.45) is 0.961. The molecule has 0 aliphatic carbocycles. The SMILES string of the molecule is N#Cc1ccc(CCC(=O)Nc2nc(-c3ccc4c(c3)OCO4)cs2)cc1. The lowest BCUT2D eigenvalue weighted by molar-refractivity contribution is -0.116. The number of hydrogen-bond acceptors (Lipinski definition) is 6. The number of ether oxygens (including phenoxy) is 2. The van der Waals surface area contributed by atoms with Crippen LogP contribution in [-0.2, 0) is 11.2 Å². The van der Waals surface area contributed by atoms with E-state index in [0.717, 1.165) is 22.6 Å². The van der Waals surface area contributed by atoms with Crippen LogP contribution in [0.15, 0.2) is 47.8 Å². The largest absolute Gasteiger partial charge is 0.454 e. The number of anilines is 1. The first-order chi connectivity index (χ1) is 13.2. The molecule has 0 saturated heterocycles. The van der Waals surface area contributed by atoms with E-state index in [2.05, 4.69) is 16.4 Å². The van der Waals surface area contributed by atoms with Gasteiger partial charge in [-0.2, -0.15) is 5.26 Å². The van der Waals surface area contributed by atoms with Crippen molar-refractivity contribution >= 4 is 22.4 Å². The standard InChI is InChI=1S/C20H15N3O3S/c21-10-14-3-1-13(2-4-14)5-8-19(24)23-20-22-16(11-27-20)15-6-7-17-18(9-15)26-12-25-17/h1-4,6-7,9,11H,5,8,12H2,(H,22,23,24). The van der Waals surface area contributed by atoms with Crippen LogP contribution < -0.4 is 14.8 Å². The molecule has 1 N–H and O–H groups in total. The molecule has 0 unspecified atom stereocenters. The number of thiazole rings is 1. The monoisotopic (exact) mass is 377 g/mol. The van der Waals surface area contributed by atoms with E-state index in [-0.39, 0.29) is 12.7 Å². The summed E-state index contributed by atoms with van der Waals surface area (Å²) < 4.78 is 10.7. The first-order valence-corrected chi connectivity index (χ1v) is 9.24. The maximum atomic E-state index is 12.2. The summed E-state index contributed by atoms with van der Waals surface area (Å²) in [4.78, 5) is 16.7. The molecule has 0 fully saturated rings. The highest BCUT2D eigenvalue weighted by atomic mass is 32.1. The molecule has 3 aromatic rings. The molecule has 2 aromatic carbocycles. The lowest BCUT2D eigenvalue weighted by atomic mass is 10.1. The number of carbonyl (C=O) groups excluding carboxylic acids is 1. The van der Waals surface area contributed by atoms with E-state index >= 15 is 0 Å². The second-order valence-electron chi connectivity index (χ2n) is 5.96. The van der Waals surface area contributed by atoms with Gasteiger partial charge < -0.3 is 14.8 Å². The average molecular weight is 377 g/mol. The number of aromatic nitrogens is 1. The third-order valence-corrected chi connectivity index (χ3v) is 4.90. The Morgan fingerprint density at radius 2 is 2.00 bits per heavy atom. The third kappa shape index (κ3) is 3.91. The van der Waals surface area contributed by atoms with Gasteiger partial charge in [-0.3, -0.25) is 4.79 Å². The second kappa shape index (κ2) is 7.48. The molecule has 6 nitrogen and oxygen atoms in total. The molecule has 0 spiro atoms. The number of hydrogen-bond donors (Lipinski definition) is 1. The van der Waals surface area contributed by atoms with E-state index in [4.69, 9.17) is 14.7 Å². The van der Waals surface area contributed by atoms with Crippen LogP contribution in [0.25, 0.3) is 11.3 Å². The quantitative estimate of drug-likeness (QED) is 0.727.